The molecule has 1 saturated carbocycles. The van der Waals surface area contributed by atoms with E-state index < -0.39 is 15.8 Å². The van der Waals surface area contributed by atoms with Crippen LogP contribution in [0.15, 0.2) is 17.0 Å². The lowest BCUT2D eigenvalue weighted by Gasteiger charge is -2.17. The zero-order valence-corrected chi connectivity index (χ0v) is 12.7. The molecule has 0 aromatic heterocycles. The zero-order valence-electron chi connectivity index (χ0n) is 11.9. The summed E-state index contributed by atoms with van der Waals surface area (Å²) in [6.45, 7) is 1.15. The number of nitrogens with two attached hydrogens (primary N) is 1. The van der Waals surface area contributed by atoms with Crippen molar-refractivity contribution in [3.8, 4) is 0 Å². The smallest absolute Gasteiger partial charge is 0.243 e. The van der Waals surface area contributed by atoms with Gasteiger partial charge in [-0.1, -0.05) is 0 Å². The van der Waals surface area contributed by atoms with Gasteiger partial charge in [-0.2, -0.15) is 4.31 Å². The third kappa shape index (κ3) is 3.51. The van der Waals surface area contributed by atoms with Crippen molar-refractivity contribution in [2.24, 2.45) is 0 Å². The molecule has 0 aliphatic heterocycles. The summed E-state index contributed by atoms with van der Waals surface area (Å²) in [6.07, 6.45) is 1.85. The molecule has 0 atom stereocenters. The van der Waals surface area contributed by atoms with Crippen LogP contribution in [-0.4, -0.2) is 38.3 Å². The van der Waals surface area contributed by atoms with Crippen LogP contribution in [0.2, 0.25) is 0 Å². The lowest BCUT2D eigenvalue weighted by atomic mass is 10.2. The number of anilines is 1. The predicted octanol–water partition coefficient (Wildman–Crippen LogP) is 0.615. The van der Waals surface area contributed by atoms with Gasteiger partial charge in [-0.3, -0.25) is 4.79 Å². The molecule has 116 valence electrons. The molecule has 2 rings (SSSR count). The fourth-order valence-corrected chi connectivity index (χ4v) is 3.13. The van der Waals surface area contributed by atoms with Crippen LogP contribution in [-0.2, 0) is 14.8 Å². The van der Waals surface area contributed by atoms with E-state index in [0.29, 0.717) is 0 Å². The van der Waals surface area contributed by atoms with Crippen LogP contribution in [0.5, 0.6) is 0 Å². The first kappa shape index (κ1) is 15.7. The quantitative estimate of drug-likeness (QED) is 0.779. The zero-order chi connectivity index (χ0) is 15.8. The van der Waals surface area contributed by atoms with E-state index in [1.165, 1.54) is 20.0 Å². The Bertz CT molecular complexity index is 648. The molecule has 0 radical (unpaired) electrons. The molecule has 1 aromatic carbocycles. The Morgan fingerprint density at radius 2 is 2.10 bits per heavy atom. The molecule has 0 saturated heterocycles. The van der Waals surface area contributed by atoms with Crippen molar-refractivity contribution in [3.63, 3.8) is 0 Å². The van der Waals surface area contributed by atoms with E-state index in [1.807, 2.05) is 0 Å². The fraction of sp³-hybridized carbons (Fsp3) is 0.462. The van der Waals surface area contributed by atoms with Crippen molar-refractivity contribution in [1.29, 1.82) is 0 Å². The van der Waals surface area contributed by atoms with E-state index in [-0.39, 0.29) is 34.6 Å². The Morgan fingerprint density at radius 1 is 1.48 bits per heavy atom. The Hall–Kier alpha value is -1.67. The van der Waals surface area contributed by atoms with Gasteiger partial charge < -0.3 is 11.1 Å². The number of halogens is 1. The number of nitrogen functional groups attached to an aromatic ring is 1. The number of nitrogens with one attached hydrogen (secondary N) is 1. The molecule has 21 heavy (non-hydrogen) atoms. The van der Waals surface area contributed by atoms with Gasteiger partial charge in [0.2, 0.25) is 15.9 Å². The molecular weight excluding hydrogens is 297 g/mol. The highest BCUT2D eigenvalue weighted by Gasteiger charge is 2.27. The number of nitrogens with zero attached hydrogens (tertiary/aromatic N) is 1. The van der Waals surface area contributed by atoms with E-state index >= 15 is 0 Å². The molecular formula is C13H18FN3O3S. The summed E-state index contributed by atoms with van der Waals surface area (Å²) < 4.78 is 39.1. The van der Waals surface area contributed by atoms with Crippen LogP contribution in [0.25, 0.3) is 0 Å². The topological polar surface area (TPSA) is 92.5 Å². The molecule has 0 heterocycles. The molecule has 1 amide bonds. The van der Waals surface area contributed by atoms with Crippen molar-refractivity contribution < 1.29 is 17.6 Å². The van der Waals surface area contributed by atoms with Crippen molar-refractivity contribution >= 4 is 21.6 Å². The number of carbonyl (C=O) groups is 1. The van der Waals surface area contributed by atoms with Crippen LogP contribution < -0.4 is 11.1 Å². The Morgan fingerprint density at radius 3 is 2.62 bits per heavy atom. The highest BCUT2D eigenvalue weighted by molar-refractivity contribution is 7.89. The van der Waals surface area contributed by atoms with Crippen molar-refractivity contribution in [2.45, 2.75) is 30.7 Å². The lowest BCUT2D eigenvalue weighted by molar-refractivity contribution is -0.121. The standard InChI is InChI=1S/C13H18FN3O3S/c1-8-5-10(6-11(15)13(8)14)21(19,20)17(2)7-12(18)16-9-3-4-9/h5-6,9H,3-4,7,15H2,1-2H3,(H,16,18). The maximum absolute atomic E-state index is 13.5. The van der Waals surface area contributed by atoms with Crippen LogP contribution in [0.4, 0.5) is 10.1 Å². The monoisotopic (exact) mass is 315 g/mol. The Kier molecular flexibility index (Phi) is 4.20. The maximum Gasteiger partial charge on any atom is 0.243 e. The summed E-state index contributed by atoms with van der Waals surface area (Å²) in [5, 5.41) is 2.71. The van der Waals surface area contributed by atoms with Gasteiger partial charge in [-0.05, 0) is 37.5 Å². The summed E-state index contributed by atoms with van der Waals surface area (Å²) in [5.74, 6) is -0.988. The van der Waals surface area contributed by atoms with E-state index in [9.17, 15) is 17.6 Å². The molecule has 0 spiro atoms. The number of amides is 1. The van der Waals surface area contributed by atoms with Gasteiger partial charge in [0.05, 0.1) is 17.1 Å². The highest BCUT2D eigenvalue weighted by atomic mass is 32.2. The van der Waals surface area contributed by atoms with E-state index in [1.54, 1.807) is 0 Å². The Balaban J connectivity index is 2.18. The van der Waals surface area contributed by atoms with Crippen LogP contribution in [0.3, 0.4) is 0 Å². The van der Waals surface area contributed by atoms with Gasteiger partial charge in [0, 0.05) is 13.1 Å². The van der Waals surface area contributed by atoms with Crippen molar-refractivity contribution in [3.05, 3.63) is 23.5 Å². The van der Waals surface area contributed by atoms with Crippen LogP contribution in [0.1, 0.15) is 18.4 Å². The molecule has 3 N–H and O–H groups in total. The van der Waals surface area contributed by atoms with Gasteiger partial charge in [0.15, 0.2) is 0 Å². The van der Waals surface area contributed by atoms with Gasteiger partial charge >= 0.3 is 0 Å². The van der Waals surface area contributed by atoms with E-state index in [0.717, 1.165) is 23.2 Å². The highest BCUT2D eigenvalue weighted by Crippen LogP contribution is 2.23. The third-order valence-electron chi connectivity index (χ3n) is 3.27. The molecule has 8 heteroatoms. The minimum absolute atomic E-state index is 0.124. The molecule has 1 aliphatic rings. The van der Waals surface area contributed by atoms with Crippen LogP contribution in [0, 0.1) is 12.7 Å². The average molecular weight is 315 g/mol. The predicted molar refractivity (Wildman–Crippen MR) is 76.5 cm³/mol. The number of likely N-dealkylation sites (N-methyl/N-ethyl adjacent to an activating group) is 1. The summed E-state index contributed by atoms with van der Waals surface area (Å²) in [4.78, 5) is 11.5. The second-order valence-electron chi connectivity index (χ2n) is 5.25. The second-order valence-corrected chi connectivity index (χ2v) is 7.29. The summed E-state index contributed by atoms with van der Waals surface area (Å²) in [7, 11) is -2.58. The van der Waals surface area contributed by atoms with Crippen molar-refractivity contribution in [1.82, 2.24) is 9.62 Å². The van der Waals surface area contributed by atoms with Gasteiger partial charge in [-0.25, -0.2) is 12.8 Å². The van der Waals surface area contributed by atoms with E-state index in [2.05, 4.69) is 5.32 Å². The van der Waals surface area contributed by atoms with Gasteiger partial charge in [0.1, 0.15) is 5.82 Å². The number of rotatable bonds is 5. The lowest BCUT2D eigenvalue weighted by Crippen LogP contribution is -2.39. The largest absolute Gasteiger partial charge is 0.396 e. The first-order valence-corrected chi connectivity index (χ1v) is 7.97. The number of sulfonamides is 1. The summed E-state index contributed by atoms with van der Waals surface area (Å²) in [6, 6.07) is 2.43. The third-order valence-corrected chi connectivity index (χ3v) is 5.05. The minimum Gasteiger partial charge on any atom is -0.396 e. The number of carbonyl (C=O) groups excluding carboxylic acids is 1. The molecule has 1 aliphatic carbocycles. The summed E-state index contributed by atoms with van der Waals surface area (Å²) in [5.41, 5.74) is 5.37. The second kappa shape index (κ2) is 5.61. The van der Waals surface area contributed by atoms with Crippen molar-refractivity contribution in [2.75, 3.05) is 19.3 Å². The number of aryl methyl sites for hydroxylation is 1. The first-order valence-electron chi connectivity index (χ1n) is 6.53. The average Bonchev–Trinajstić information content (AvgIpc) is 3.18. The number of hydrogen-bond donors (Lipinski definition) is 2. The van der Waals surface area contributed by atoms with Gasteiger partial charge in [0.25, 0.3) is 0 Å². The SMILES string of the molecule is Cc1cc(S(=O)(=O)N(C)CC(=O)NC2CC2)cc(N)c1F. The Labute approximate surface area is 123 Å². The number of benzene rings is 1. The number of hydrogen-bond acceptors (Lipinski definition) is 4. The summed E-state index contributed by atoms with van der Waals surface area (Å²) >= 11 is 0. The minimum atomic E-state index is -3.89. The first-order chi connectivity index (χ1) is 9.71. The maximum atomic E-state index is 13.5. The van der Waals surface area contributed by atoms with Gasteiger partial charge in [-0.15, -0.1) is 0 Å². The molecule has 0 bridgehead atoms. The van der Waals surface area contributed by atoms with E-state index in [4.69, 9.17) is 5.73 Å². The normalized spacial score (nSPS) is 15.2. The molecule has 1 aromatic rings. The molecule has 6 nitrogen and oxygen atoms in total. The molecule has 1 fully saturated rings. The fourth-order valence-electron chi connectivity index (χ4n) is 1.88. The van der Waals surface area contributed by atoms with Crippen LogP contribution >= 0.6 is 0 Å². The molecule has 0 unspecified atom stereocenters.